The Hall–Kier alpha value is -4.67. The van der Waals surface area contributed by atoms with Crippen LogP contribution in [-0.4, -0.2) is 89.7 Å². The van der Waals surface area contributed by atoms with Gasteiger partial charge in [0.25, 0.3) is 5.91 Å². The number of fused-ring (bicyclic) bond motifs is 7. The van der Waals surface area contributed by atoms with E-state index in [9.17, 15) is 27.6 Å². The van der Waals surface area contributed by atoms with Crippen LogP contribution < -0.4 is 20.1 Å². The van der Waals surface area contributed by atoms with E-state index in [0.717, 1.165) is 31.8 Å². The van der Waals surface area contributed by atoms with Gasteiger partial charge in [-0.1, -0.05) is 43.2 Å². The summed E-state index contributed by atoms with van der Waals surface area (Å²) in [6.45, 7) is -0.422. The maximum Gasteiger partial charge on any atom is 0.407 e. The highest BCUT2D eigenvalue weighted by atomic mass is 32.2. The van der Waals surface area contributed by atoms with Gasteiger partial charge in [0.1, 0.15) is 17.7 Å². The van der Waals surface area contributed by atoms with Gasteiger partial charge in [-0.05, 0) is 82.4 Å². The molecule has 1 aromatic heterocycles. The van der Waals surface area contributed by atoms with Crippen molar-refractivity contribution in [1.82, 2.24) is 30.2 Å². The highest BCUT2D eigenvalue weighted by molar-refractivity contribution is 7.91. The highest BCUT2D eigenvalue weighted by Gasteiger charge is 2.62. The summed E-state index contributed by atoms with van der Waals surface area (Å²) >= 11 is 0. The summed E-state index contributed by atoms with van der Waals surface area (Å²) in [5.41, 5.74) is -2.23. The van der Waals surface area contributed by atoms with Gasteiger partial charge in [-0.15, -0.1) is 0 Å². The average Bonchev–Trinajstić information content (AvgIpc) is 4.09. The van der Waals surface area contributed by atoms with E-state index in [0.29, 0.717) is 38.5 Å². The number of nitrogens with zero attached hydrogens (tertiary/aromatic N) is 3. The number of benzene rings is 1. The smallest absolute Gasteiger partial charge is 0.407 e. The molecule has 4 fully saturated rings. The van der Waals surface area contributed by atoms with Crippen LogP contribution in [0, 0.1) is 17.3 Å². The van der Waals surface area contributed by atoms with E-state index in [2.05, 4.69) is 25.3 Å². The number of hydrogen-bond donors (Lipinski definition) is 3. The Labute approximate surface area is 323 Å². The van der Waals surface area contributed by atoms with Crippen LogP contribution in [0.5, 0.6) is 5.88 Å². The summed E-state index contributed by atoms with van der Waals surface area (Å²) in [5, 5.41) is 4.88. The van der Waals surface area contributed by atoms with Gasteiger partial charge in [0.2, 0.25) is 27.7 Å². The summed E-state index contributed by atoms with van der Waals surface area (Å²) < 4.78 is 72.2. The number of ether oxygens (including phenoxy) is 2. The van der Waals surface area contributed by atoms with Crippen LogP contribution in [-0.2, 0) is 35.1 Å². The first-order chi connectivity index (χ1) is 26.8. The SMILES string of the molecule is O=C1N[C@H]2CCCCC/C=C/[C@@H]3C[C@]3(C(=O)NS(=O)(=O)C3CC3)NC(=O)C3CN(C[C@@H]3Oc3nc4ccccc4nc3C(F)(F)/C=C/CCC3(CC3)CO1)C2=O. The molecule has 17 heteroatoms. The number of rotatable bonds is 3. The third-order valence-corrected chi connectivity index (χ3v) is 13.8. The van der Waals surface area contributed by atoms with E-state index >= 15 is 8.78 Å². The number of carbonyl (C=O) groups is 4. The summed E-state index contributed by atoms with van der Waals surface area (Å²) in [6, 6.07) is 5.46. The molecule has 14 nitrogen and oxygen atoms in total. The van der Waals surface area contributed by atoms with Crippen molar-refractivity contribution in [2.75, 3.05) is 19.7 Å². The molecule has 4 heterocycles. The minimum atomic E-state index is -3.96. The number of nitrogens with one attached hydrogen (secondary N) is 3. The quantitative estimate of drug-likeness (QED) is 0.381. The van der Waals surface area contributed by atoms with Crippen LogP contribution in [0.1, 0.15) is 82.7 Å². The lowest BCUT2D eigenvalue weighted by Gasteiger charge is -2.25. The molecule has 6 aliphatic rings. The van der Waals surface area contributed by atoms with Crippen LogP contribution in [0.15, 0.2) is 48.6 Å². The lowest BCUT2D eigenvalue weighted by Crippen LogP contribution is -2.55. The normalized spacial score (nSPS) is 31.8. The number of hydrogen-bond acceptors (Lipinski definition) is 10. The Morgan fingerprint density at radius 2 is 1.71 bits per heavy atom. The number of allylic oxidation sites excluding steroid dienone is 3. The third-order valence-electron chi connectivity index (χ3n) is 12.0. The molecule has 2 aromatic rings. The highest BCUT2D eigenvalue weighted by Crippen LogP contribution is 2.50. The number of para-hydroxylation sites is 2. The van der Waals surface area contributed by atoms with Crippen LogP contribution in [0.2, 0.25) is 0 Å². The van der Waals surface area contributed by atoms with Crippen LogP contribution in [0.3, 0.4) is 0 Å². The number of sulfonamides is 1. The van der Waals surface area contributed by atoms with Gasteiger partial charge in [-0.3, -0.25) is 19.1 Å². The van der Waals surface area contributed by atoms with E-state index in [1.54, 1.807) is 30.3 Å². The van der Waals surface area contributed by atoms with Gasteiger partial charge in [-0.2, -0.15) is 8.78 Å². The zero-order valence-electron chi connectivity index (χ0n) is 30.9. The molecule has 5 atom stereocenters. The number of alkyl carbamates (subject to hydrolysis) is 1. The van der Waals surface area contributed by atoms with Gasteiger partial charge in [0.05, 0.1) is 35.4 Å². The topological polar surface area (TPSA) is 186 Å². The van der Waals surface area contributed by atoms with E-state index in [4.69, 9.17) is 9.47 Å². The third kappa shape index (κ3) is 7.96. The molecule has 3 aliphatic carbocycles. The average molecular weight is 797 g/mol. The van der Waals surface area contributed by atoms with Crippen LogP contribution in [0.4, 0.5) is 13.6 Å². The van der Waals surface area contributed by atoms with Gasteiger partial charge in [0.15, 0.2) is 5.69 Å². The largest absolute Gasteiger partial charge is 0.470 e. The molecule has 4 bridgehead atoms. The molecule has 3 aliphatic heterocycles. The molecule has 3 saturated carbocycles. The second kappa shape index (κ2) is 14.7. The Morgan fingerprint density at radius 1 is 0.946 bits per heavy atom. The monoisotopic (exact) mass is 796 g/mol. The lowest BCUT2D eigenvalue weighted by atomic mass is 10.0. The Kier molecular flexibility index (Phi) is 10.0. The first-order valence-electron chi connectivity index (χ1n) is 19.5. The zero-order chi connectivity index (χ0) is 39.3. The number of halogens is 2. The fourth-order valence-corrected chi connectivity index (χ4v) is 9.36. The molecule has 4 amide bonds. The molecule has 56 heavy (non-hydrogen) atoms. The molecule has 1 unspecified atom stereocenters. The molecule has 0 radical (unpaired) electrons. The number of amides is 4. The van der Waals surface area contributed by atoms with Crippen molar-refractivity contribution < 1.29 is 45.9 Å². The molecule has 3 N–H and O–H groups in total. The second-order valence-electron chi connectivity index (χ2n) is 16.2. The van der Waals surface area contributed by atoms with E-state index in [-0.39, 0.29) is 49.0 Å². The van der Waals surface area contributed by atoms with Crippen LogP contribution in [0.25, 0.3) is 11.0 Å². The standard InChI is InChI=1S/C39H46F2N6O8S/c40-39(41)17-9-8-16-37(18-19-37)23-54-36(51)44-29-13-5-3-1-2-4-10-24-20-38(24,35(50)46-56(52,53)25-14-15-25)45-32(48)26-21-47(34(29)49)22-30(26)55-33-31(39)42-27-11-6-7-12-28(27)43-33/h4,6-7,9-12,17,24-26,29-30H,1-3,5,8,13-16,18-23H2,(H,44,51)(H,45,48)(H,46,50)/b10-4+,17-9+/t24-,26?,29+,30+,38+/m1/s1. The molecular weight excluding hydrogens is 751 g/mol. The van der Waals surface area contributed by atoms with Crippen molar-refractivity contribution in [3.8, 4) is 5.88 Å². The van der Waals surface area contributed by atoms with Crippen molar-refractivity contribution in [1.29, 1.82) is 0 Å². The fourth-order valence-electron chi connectivity index (χ4n) is 8.00. The predicted octanol–water partition coefficient (Wildman–Crippen LogP) is 4.16. The molecule has 1 saturated heterocycles. The van der Waals surface area contributed by atoms with Crippen molar-refractivity contribution >= 4 is 44.9 Å². The van der Waals surface area contributed by atoms with Gasteiger partial charge >= 0.3 is 12.0 Å². The van der Waals surface area contributed by atoms with Gasteiger partial charge in [0, 0.05) is 17.9 Å². The van der Waals surface area contributed by atoms with E-state index < -0.39 is 86.1 Å². The Morgan fingerprint density at radius 3 is 2.46 bits per heavy atom. The molecular formula is C39H46F2N6O8S. The molecule has 300 valence electrons. The Balaban J connectivity index is 1.17. The number of cyclic esters (lactones) is 1. The minimum Gasteiger partial charge on any atom is -0.470 e. The van der Waals surface area contributed by atoms with Crippen LogP contribution >= 0.6 is 0 Å². The Bertz CT molecular complexity index is 2090. The maximum absolute atomic E-state index is 16.2. The summed E-state index contributed by atoms with van der Waals surface area (Å²) in [6.07, 6.45) is 10.1. The summed E-state index contributed by atoms with van der Waals surface area (Å²) in [4.78, 5) is 65.7. The van der Waals surface area contributed by atoms with E-state index in [1.807, 2.05) is 6.08 Å². The molecule has 8 rings (SSSR count). The molecule has 1 aromatic carbocycles. The number of alkyl halides is 2. The van der Waals surface area contributed by atoms with E-state index in [1.165, 1.54) is 11.0 Å². The minimum absolute atomic E-state index is 0.0801. The van der Waals surface area contributed by atoms with Crippen molar-refractivity contribution in [2.24, 2.45) is 17.3 Å². The van der Waals surface area contributed by atoms with Crippen molar-refractivity contribution in [2.45, 2.75) is 106 Å². The number of aromatic nitrogens is 2. The fraction of sp³-hybridized carbons (Fsp3) is 0.590. The number of carbonyl (C=O) groups excluding carboxylic acids is 4. The summed E-state index contributed by atoms with van der Waals surface area (Å²) in [5.74, 6) is -8.01. The first kappa shape index (κ1) is 38.2. The molecule has 1 spiro atoms. The zero-order valence-corrected chi connectivity index (χ0v) is 31.7. The lowest BCUT2D eigenvalue weighted by molar-refractivity contribution is -0.134. The second-order valence-corrected chi connectivity index (χ2v) is 18.2. The van der Waals surface area contributed by atoms with Crippen molar-refractivity contribution in [3.05, 3.63) is 54.3 Å². The maximum atomic E-state index is 16.2. The van der Waals surface area contributed by atoms with Gasteiger partial charge in [-0.25, -0.2) is 23.2 Å². The predicted molar refractivity (Wildman–Crippen MR) is 198 cm³/mol. The van der Waals surface area contributed by atoms with Crippen molar-refractivity contribution in [3.63, 3.8) is 0 Å². The van der Waals surface area contributed by atoms with Gasteiger partial charge < -0.3 is 25.0 Å². The summed E-state index contributed by atoms with van der Waals surface area (Å²) in [7, 11) is -3.96. The first-order valence-corrected chi connectivity index (χ1v) is 21.1.